The fourth-order valence-electron chi connectivity index (χ4n) is 2.18. The van der Waals surface area contributed by atoms with E-state index in [-0.39, 0.29) is 25.2 Å². The topological polar surface area (TPSA) is 51.2 Å². The molecule has 4 nitrogen and oxygen atoms in total. The number of ether oxygens (including phenoxy) is 1. The van der Waals surface area contributed by atoms with Crippen molar-refractivity contribution in [1.82, 2.24) is 10.3 Å². The number of pyridine rings is 1. The zero-order chi connectivity index (χ0) is 13.9. The van der Waals surface area contributed by atoms with Crippen molar-refractivity contribution < 1.29 is 18.3 Å². The average Bonchev–Trinajstić information content (AvgIpc) is 2.76. The summed E-state index contributed by atoms with van der Waals surface area (Å²) in [5.74, 6) is -3.13. The molecule has 0 spiro atoms. The molecule has 1 heterocycles. The van der Waals surface area contributed by atoms with Gasteiger partial charge in [-0.3, -0.25) is 4.79 Å². The molecule has 1 amide bonds. The number of nitrogens with one attached hydrogen (secondary N) is 1. The van der Waals surface area contributed by atoms with Gasteiger partial charge in [-0.1, -0.05) is 0 Å². The van der Waals surface area contributed by atoms with Crippen molar-refractivity contribution in [2.45, 2.75) is 31.7 Å². The highest BCUT2D eigenvalue weighted by Crippen LogP contribution is 2.38. The molecule has 6 heteroatoms. The number of hydrogen-bond donors (Lipinski definition) is 1. The second-order valence-electron chi connectivity index (χ2n) is 4.72. The summed E-state index contributed by atoms with van der Waals surface area (Å²) in [6, 6.07) is 3.44. The minimum absolute atomic E-state index is 0.200. The molecule has 1 fully saturated rings. The van der Waals surface area contributed by atoms with E-state index >= 15 is 0 Å². The van der Waals surface area contributed by atoms with Crippen LogP contribution in [0.5, 0.6) is 5.88 Å². The van der Waals surface area contributed by atoms with Crippen molar-refractivity contribution in [3.8, 4) is 5.88 Å². The molecule has 104 valence electrons. The molecular weight excluding hydrogens is 254 g/mol. The van der Waals surface area contributed by atoms with Crippen molar-refractivity contribution in [2.75, 3.05) is 7.11 Å². The lowest BCUT2D eigenvalue weighted by Gasteiger charge is -2.11. The first-order chi connectivity index (χ1) is 9.00. The van der Waals surface area contributed by atoms with Crippen molar-refractivity contribution in [3.05, 3.63) is 23.9 Å². The van der Waals surface area contributed by atoms with Gasteiger partial charge in [0.2, 0.25) is 17.7 Å². The van der Waals surface area contributed by atoms with Gasteiger partial charge in [0.15, 0.2) is 0 Å². The first kappa shape index (κ1) is 13.7. The summed E-state index contributed by atoms with van der Waals surface area (Å²) < 4.78 is 31.0. The number of carbonyl (C=O) groups excluding carboxylic acids is 1. The molecule has 0 bridgehead atoms. The van der Waals surface area contributed by atoms with E-state index in [0.29, 0.717) is 12.4 Å². The predicted molar refractivity (Wildman–Crippen MR) is 64.9 cm³/mol. The third-order valence-electron chi connectivity index (χ3n) is 3.25. The number of nitrogens with zero attached hydrogens (tertiary/aromatic N) is 1. The lowest BCUT2D eigenvalue weighted by Crippen LogP contribution is -2.29. The predicted octanol–water partition coefficient (Wildman–Crippen LogP) is 2.14. The molecule has 0 aromatic carbocycles. The van der Waals surface area contributed by atoms with E-state index in [1.807, 2.05) is 0 Å². The zero-order valence-corrected chi connectivity index (χ0v) is 10.7. The Morgan fingerprint density at radius 3 is 3.05 bits per heavy atom. The number of rotatable bonds is 4. The van der Waals surface area contributed by atoms with Crippen LogP contribution in [0.1, 0.15) is 24.8 Å². The Bertz CT molecular complexity index is 466. The fourth-order valence-corrected chi connectivity index (χ4v) is 2.18. The van der Waals surface area contributed by atoms with Crippen LogP contribution >= 0.6 is 0 Å². The van der Waals surface area contributed by atoms with Crippen LogP contribution in [-0.4, -0.2) is 23.9 Å². The molecule has 1 aliphatic carbocycles. The molecule has 1 aliphatic rings. The Balaban J connectivity index is 1.86. The largest absolute Gasteiger partial charge is 0.481 e. The summed E-state index contributed by atoms with van der Waals surface area (Å²) in [6.07, 6.45) is 1.27. The lowest BCUT2D eigenvalue weighted by molar-refractivity contribution is -0.125. The Labute approximate surface area is 110 Å². The van der Waals surface area contributed by atoms with Crippen molar-refractivity contribution in [2.24, 2.45) is 5.92 Å². The van der Waals surface area contributed by atoms with Crippen LogP contribution < -0.4 is 10.1 Å². The number of hydrogen-bond acceptors (Lipinski definition) is 3. The maximum atomic E-state index is 13.0. The van der Waals surface area contributed by atoms with Crippen LogP contribution in [0.3, 0.4) is 0 Å². The maximum absolute atomic E-state index is 13.0. The Hall–Kier alpha value is -1.72. The molecule has 1 N–H and O–H groups in total. The van der Waals surface area contributed by atoms with E-state index in [1.54, 1.807) is 18.3 Å². The summed E-state index contributed by atoms with van der Waals surface area (Å²) >= 11 is 0. The van der Waals surface area contributed by atoms with Crippen LogP contribution in [0.2, 0.25) is 0 Å². The number of alkyl halides is 2. The average molecular weight is 270 g/mol. The zero-order valence-electron chi connectivity index (χ0n) is 10.7. The summed E-state index contributed by atoms with van der Waals surface area (Å²) in [6.45, 7) is 0.291. The van der Waals surface area contributed by atoms with Crippen LogP contribution in [0.25, 0.3) is 0 Å². The minimum Gasteiger partial charge on any atom is -0.481 e. The molecule has 1 saturated carbocycles. The SMILES string of the molecule is COc1cc(CNC(=O)C2CCC(F)(F)C2)ccn1. The molecule has 0 aliphatic heterocycles. The molecule has 1 aromatic heterocycles. The number of carbonyl (C=O) groups is 1. The first-order valence-corrected chi connectivity index (χ1v) is 6.15. The number of halogens is 2. The summed E-state index contributed by atoms with van der Waals surface area (Å²) in [7, 11) is 1.51. The van der Waals surface area contributed by atoms with Gasteiger partial charge in [0.05, 0.1) is 7.11 Å². The van der Waals surface area contributed by atoms with E-state index in [2.05, 4.69) is 10.3 Å². The fraction of sp³-hybridized carbons (Fsp3) is 0.538. The van der Waals surface area contributed by atoms with Crippen molar-refractivity contribution in [1.29, 1.82) is 0 Å². The van der Waals surface area contributed by atoms with E-state index in [4.69, 9.17) is 4.74 Å². The van der Waals surface area contributed by atoms with Crippen molar-refractivity contribution >= 4 is 5.91 Å². The van der Waals surface area contributed by atoms with Gasteiger partial charge < -0.3 is 10.1 Å². The smallest absolute Gasteiger partial charge is 0.248 e. The van der Waals surface area contributed by atoms with Crippen LogP contribution in [0.15, 0.2) is 18.3 Å². The number of methoxy groups -OCH3 is 1. The highest BCUT2D eigenvalue weighted by Gasteiger charge is 2.42. The molecular formula is C13H16F2N2O2. The molecule has 1 atom stereocenters. The van der Waals surface area contributed by atoms with Crippen LogP contribution in [-0.2, 0) is 11.3 Å². The normalized spacial score (nSPS) is 21.1. The second kappa shape index (κ2) is 5.50. The second-order valence-corrected chi connectivity index (χ2v) is 4.72. The van der Waals surface area contributed by atoms with Crippen LogP contribution in [0.4, 0.5) is 8.78 Å². The third kappa shape index (κ3) is 3.62. The molecule has 0 saturated heterocycles. The minimum atomic E-state index is -2.69. The van der Waals surface area contributed by atoms with Gasteiger partial charge in [-0.25, -0.2) is 13.8 Å². The number of amides is 1. The lowest BCUT2D eigenvalue weighted by atomic mass is 10.1. The molecule has 19 heavy (non-hydrogen) atoms. The summed E-state index contributed by atoms with van der Waals surface area (Å²) in [5, 5.41) is 2.67. The maximum Gasteiger partial charge on any atom is 0.248 e. The Kier molecular flexibility index (Phi) is 3.97. The highest BCUT2D eigenvalue weighted by molar-refractivity contribution is 5.79. The van der Waals surface area contributed by atoms with Gasteiger partial charge >= 0.3 is 0 Å². The Morgan fingerprint density at radius 1 is 1.63 bits per heavy atom. The van der Waals surface area contributed by atoms with Crippen molar-refractivity contribution in [3.63, 3.8) is 0 Å². The van der Waals surface area contributed by atoms with Crippen LogP contribution in [0, 0.1) is 5.92 Å². The van der Waals surface area contributed by atoms with E-state index < -0.39 is 11.8 Å². The molecule has 0 radical (unpaired) electrons. The van der Waals surface area contributed by atoms with E-state index in [1.165, 1.54) is 7.11 Å². The molecule has 1 unspecified atom stereocenters. The monoisotopic (exact) mass is 270 g/mol. The van der Waals surface area contributed by atoms with Gasteiger partial charge in [-0.05, 0) is 18.1 Å². The molecule has 2 rings (SSSR count). The third-order valence-corrected chi connectivity index (χ3v) is 3.25. The first-order valence-electron chi connectivity index (χ1n) is 6.15. The Morgan fingerprint density at radius 2 is 2.42 bits per heavy atom. The van der Waals surface area contributed by atoms with Gasteiger partial charge in [0.1, 0.15) is 0 Å². The summed E-state index contributed by atoms with van der Waals surface area (Å²) in [5.41, 5.74) is 0.824. The quantitative estimate of drug-likeness (QED) is 0.912. The van der Waals surface area contributed by atoms with Gasteiger partial charge in [0, 0.05) is 37.6 Å². The summed E-state index contributed by atoms with van der Waals surface area (Å²) in [4.78, 5) is 15.7. The van der Waals surface area contributed by atoms with E-state index in [0.717, 1.165) is 5.56 Å². The molecule has 1 aromatic rings. The highest BCUT2D eigenvalue weighted by atomic mass is 19.3. The van der Waals surface area contributed by atoms with Gasteiger partial charge in [0.25, 0.3) is 0 Å². The standard InChI is InChI=1S/C13H16F2N2O2/c1-19-11-6-9(3-5-16-11)8-17-12(18)10-2-4-13(14,15)7-10/h3,5-6,10H,2,4,7-8H2,1H3,(H,17,18). The van der Waals surface area contributed by atoms with E-state index in [9.17, 15) is 13.6 Å². The number of aromatic nitrogens is 1. The van der Waals surface area contributed by atoms with Gasteiger partial charge in [-0.15, -0.1) is 0 Å². The van der Waals surface area contributed by atoms with Gasteiger partial charge in [-0.2, -0.15) is 0 Å².